The summed E-state index contributed by atoms with van der Waals surface area (Å²) in [6, 6.07) is 5.38. The second-order valence-corrected chi connectivity index (χ2v) is 5.14. The standard InChI is InChI=1S/C16H22O3/c1-18-15-9-5-8-14(12-17)16(15)19-11-10-13-6-3-2-4-7-13/h5,8-9,12-13H,2-4,6-7,10-11H2,1H3. The predicted molar refractivity (Wildman–Crippen MR) is 75.1 cm³/mol. The molecule has 1 aromatic carbocycles. The molecule has 0 atom stereocenters. The number of carbonyl (C=O) groups is 1. The van der Waals surface area contributed by atoms with Crippen LogP contribution >= 0.6 is 0 Å². The van der Waals surface area contributed by atoms with Crippen molar-refractivity contribution >= 4 is 6.29 Å². The number of para-hydroxylation sites is 1. The van der Waals surface area contributed by atoms with Crippen molar-refractivity contribution < 1.29 is 14.3 Å². The van der Waals surface area contributed by atoms with Crippen LogP contribution in [0, 0.1) is 5.92 Å². The Balaban J connectivity index is 1.92. The molecule has 0 heterocycles. The van der Waals surface area contributed by atoms with Crippen molar-refractivity contribution in [1.82, 2.24) is 0 Å². The largest absolute Gasteiger partial charge is 0.493 e. The van der Waals surface area contributed by atoms with E-state index in [1.54, 1.807) is 19.2 Å². The fourth-order valence-electron chi connectivity index (χ4n) is 2.74. The highest BCUT2D eigenvalue weighted by Crippen LogP contribution is 2.31. The molecule has 0 amide bonds. The van der Waals surface area contributed by atoms with Gasteiger partial charge in [0, 0.05) is 0 Å². The predicted octanol–water partition coefficient (Wildman–Crippen LogP) is 3.86. The molecule has 0 N–H and O–H groups in total. The molecule has 0 radical (unpaired) electrons. The number of carbonyl (C=O) groups excluding carboxylic acids is 1. The minimum atomic E-state index is 0.558. The second kappa shape index (κ2) is 7.17. The molecule has 1 saturated carbocycles. The lowest BCUT2D eigenvalue weighted by Crippen LogP contribution is -2.11. The zero-order chi connectivity index (χ0) is 13.5. The molecule has 1 aromatic rings. The molecule has 0 aliphatic heterocycles. The van der Waals surface area contributed by atoms with Gasteiger partial charge in [-0.1, -0.05) is 38.2 Å². The maximum atomic E-state index is 11.0. The minimum absolute atomic E-state index is 0.558. The fraction of sp³-hybridized carbons (Fsp3) is 0.562. The van der Waals surface area contributed by atoms with Gasteiger partial charge in [-0.05, 0) is 24.5 Å². The molecular formula is C16H22O3. The number of ether oxygens (including phenoxy) is 2. The van der Waals surface area contributed by atoms with Gasteiger partial charge in [-0.25, -0.2) is 0 Å². The molecule has 19 heavy (non-hydrogen) atoms. The Labute approximate surface area is 114 Å². The van der Waals surface area contributed by atoms with Crippen molar-refractivity contribution in [1.29, 1.82) is 0 Å². The summed E-state index contributed by atoms with van der Waals surface area (Å²) in [4.78, 5) is 11.0. The van der Waals surface area contributed by atoms with Crippen molar-refractivity contribution in [2.75, 3.05) is 13.7 Å². The Hall–Kier alpha value is -1.51. The van der Waals surface area contributed by atoms with Crippen LogP contribution in [-0.4, -0.2) is 20.0 Å². The van der Waals surface area contributed by atoms with E-state index < -0.39 is 0 Å². The molecule has 2 rings (SSSR count). The van der Waals surface area contributed by atoms with E-state index in [0.29, 0.717) is 23.7 Å². The Morgan fingerprint density at radius 1 is 1.26 bits per heavy atom. The zero-order valence-corrected chi connectivity index (χ0v) is 11.6. The third kappa shape index (κ3) is 3.72. The number of hydrogen-bond donors (Lipinski definition) is 0. The third-order valence-electron chi connectivity index (χ3n) is 3.85. The molecule has 1 aliphatic rings. The Morgan fingerprint density at radius 3 is 2.74 bits per heavy atom. The van der Waals surface area contributed by atoms with Crippen LogP contribution in [0.3, 0.4) is 0 Å². The minimum Gasteiger partial charge on any atom is -0.493 e. The summed E-state index contributed by atoms with van der Waals surface area (Å²) >= 11 is 0. The SMILES string of the molecule is COc1cccc(C=O)c1OCCC1CCCCC1. The van der Waals surface area contributed by atoms with Crippen molar-refractivity contribution in [2.24, 2.45) is 5.92 Å². The molecule has 0 aromatic heterocycles. The van der Waals surface area contributed by atoms with Gasteiger partial charge in [0.15, 0.2) is 17.8 Å². The summed E-state index contributed by atoms with van der Waals surface area (Å²) in [6.45, 7) is 0.659. The first-order valence-corrected chi connectivity index (χ1v) is 7.10. The van der Waals surface area contributed by atoms with Gasteiger partial charge < -0.3 is 9.47 Å². The Morgan fingerprint density at radius 2 is 2.05 bits per heavy atom. The number of methoxy groups -OCH3 is 1. The average Bonchev–Trinajstić information content (AvgIpc) is 2.48. The molecule has 1 fully saturated rings. The van der Waals surface area contributed by atoms with Crippen LogP contribution in [0.25, 0.3) is 0 Å². The van der Waals surface area contributed by atoms with E-state index in [0.717, 1.165) is 18.6 Å². The van der Waals surface area contributed by atoms with E-state index in [4.69, 9.17) is 9.47 Å². The molecule has 3 heteroatoms. The molecular weight excluding hydrogens is 240 g/mol. The fourth-order valence-corrected chi connectivity index (χ4v) is 2.74. The highest BCUT2D eigenvalue weighted by Gasteiger charge is 2.15. The maximum absolute atomic E-state index is 11.0. The number of hydrogen-bond acceptors (Lipinski definition) is 3. The van der Waals surface area contributed by atoms with Crippen molar-refractivity contribution in [3.05, 3.63) is 23.8 Å². The topological polar surface area (TPSA) is 35.5 Å². The smallest absolute Gasteiger partial charge is 0.171 e. The van der Waals surface area contributed by atoms with Crippen LogP contribution in [0.15, 0.2) is 18.2 Å². The summed E-state index contributed by atoms with van der Waals surface area (Å²) in [5.41, 5.74) is 0.558. The van der Waals surface area contributed by atoms with Gasteiger partial charge in [0.1, 0.15) is 0 Å². The van der Waals surface area contributed by atoms with Crippen molar-refractivity contribution in [2.45, 2.75) is 38.5 Å². The normalized spacial score (nSPS) is 16.1. The second-order valence-electron chi connectivity index (χ2n) is 5.14. The van der Waals surface area contributed by atoms with Crippen molar-refractivity contribution in [3.63, 3.8) is 0 Å². The summed E-state index contributed by atoms with van der Waals surface area (Å²) in [5, 5.41) is 0. The highest BCUT2D eigenvalue weighted by molar-refractivity contribution is 5.81. The first kappa shape index (κ1) is 13.9. The zero-order valence-electron chi connectivity index (χ0n) is 11.6. The molecule has 0 saturated heterocycles. The van der Waals surface area contributed by atoms with Gasteiger partial charge in [-0.15, -0.1) is 0 Å². The third-order valence-corrected chi connectivity index (χ3v) is 3.85. The van der Waals surface area contributed by atoms with Gasteiger partial charge >= 0.3 is 0 Å². The molecule has 0 spiro atoms. The number of aldehydes is 1. The lowest BCUT2D eigenvalue weighted by Gasteiger charge is -2.21. The van der Waals surface area contributed by atoms with Crippen LogP contribution in [0.2, 0.25) is 0 Å². The quantitative estimate of drug-likeness (QED) is 0.730. The Bertz CT molecular complexity index is 408. The van der Waals surface area contributed by atoms with Crippen LogP contribution in [-0.2, 0) is 0 Å². The van der Waals surface area contributed by atoms with E-state index in [1.807, 2.05) is 6.07 Å². The first-order chi connectivity index (χ1) is 9.35. The van der Waals surface area contributed by atoms with Gasteiger partial charge in [-0.2, -0.15) is 0 Å². The van der Waals surface area contributed by atoms with E-state index in [2.05, 4.69) is 0 Å². The van der Waals surface area contributed by atoms with E-state index in [1.165, 1.54) is 32.1 Å². The molecule has 0 unspecified atom stereocenters. The summed E-state index contributed by atoms with van der Waals surface area (Å²) in [6.07, 6.45) is 8.58. The highest BCUT2D eigenvalue weighted by atomic mass is 16.5. The summed E-state index contributed by atoms with van der Waals surface area (Å²) in [7, 11) is 1.60. The monoisotopic (exact) mass is 262 g/mol. The van der Waals surface area contributed by atoms with Gasteiger partial charge in [-0.3, -0.25) is 4.79 Å². The molecule has 1 aliphatic carbocycles. The van der Waals surface area contributed by atoms with Gasteiger partial charge in [0.2, 0.25) is 0 Å². The van der Waals surface area contributed by atoms with Gasteiger partial charge in [0.05, 0.1) is 19.3 Å². The summed E-state index contributed by atoms with van der Waals surface area (Å²) in [5.74, 6) is 1.99. The molecule has 3 nitrogen and oxygen atoms in total. The van der Waals surface area contributed by atoms with Crippen LogP contribution in [0.1, 0.15) is 48.9 Å². The molecule has 0 bridgehead atoms. The van der Waals surface area contributed by atoms with Crippen molar-refractivity contribution in [3.8, 4) is 11.5 Å². The number of rotatable bonds is 6. The van der Waals surface area contributed by atoms with Crippen LogP contribution in [0.5, 0.6) is 11.5 Å². The van der Waals surface area contributed by atoms with Gasteiger partial charge in [0.25, 0.3) is 0 Å². The van der Waals surface area contributed by atoms with Crippen LogP contribution in [0.4, 0.5) is 0 Å². The van der Waals surface area contributed by atoms with Crippen LogP contribution < -0.4 is 9.47 Å². The van der Waals surface area contributed by atoms with E-state index >= 15 is 0 Å². The number of benzene rings is 1. The Kier molecular flexibility index (Phi) is 5.25. The first-order valence-electron chi connectivity index (χ1n) is 7.10. The molecule has 104 valence electrons. The average molecular weight is 262 g/mol. The van der Waals surface area contributed by atoms with E-state index in [-0.39, 0.29) is 0 Å². The van der Waals surface area contributed by atoms with E-state index in [9.17, 15) is 4.79 Å². The lowest BCUT2D eigenvalue weighted by atomic mass is 9.87. The summed E-state index contributed by atoms with van der Waals surface area (Å²) < 4.78 is 11.0. The maximum Gasteiger partial charge on any atom is 0.171 e. The lowest BCUT2D eigenvalue weighted by molar-refractivity contribution is 0.111.